The molecule has 2 saturated heterocycles. The average Bonchev–Trinajstić information content (AvgIpc) is 3.02. The van der Waals surface area contributed by atoms with Gasteiger partial charge in [-0.1, -0.05) is 11.6 Å². The minimum atomic E-state index is -0.599. The quantitative estimate of drug-likeness (QED) is 0.614. The zero-order valence-corrected chi connectivity index (χ0v) is 14.2. The Morgan fingerprint density at radius 3 is 2.78 bits per heavy atom. The Kier molecular flexibility index (Phi) is 4.38. The predicted octanol–water partition coefficient (Wildman–Crippen LogP) is 2.52. The first-order valence-electron chi connectivity index (χ1n) is 7.32. The van der Waals surface area contributed by atoms with Crippen LogP contribution >= 0.6 is 23.4 Å². The third-order valence-corrected chi connectivity index (χ3v) is 5.99. The minimum Gasteiger partial charge on any atom is -0.456 e. The molecule has 2 atom stereocenters. The Hall–Kier alpha value is -1.53. The molecule has 0 unspecified atom stereocenters. The summed E-state index contributed by atoms with van der Waals surface area (Å²) in [6.07, 6.45) is 1.20. The normalized spacial score (nSPS) is 26.3. The Morgan fingerprint density at radius 1 is 1.39 bits per heavy atom. The largest absolute Gasteiger partial charge is 0.456 e. The Bertz CT molecular complexity index is 663. The predicted molar refractivity (Wildman–Crippen MR) is 87.5 cm³/mol. The van der Waals surface area contributed by atoms with E-state index < -0.39 is 12.0 Å². The molecular formula is C16H16ClNO4S. The van der Waals surface area contributed by atoms with Crippen LogP contribution in [0.4, 0.5) is 0 Å². The van der Waals surface area contributed by atoms with E-state index in [0.717, 1.165) is 6.42 Å². The molecule has 0 N–H and O–H groups in total. The van der Waals surface area contributed by atoms with Crippen molar-refractivity contribution < 1.29 is 19.1 Å². The van der Waals surface area contributed by atoms with Crippen LogP contribution in [0.3, 0.4) is 0 Å². The molecule has 2 aliphatic rings. The summed E-state index contributed by atoms with van der Waals surface area (Å²) in [6, 6.07) is 5.80. The number of hydrogen-bond acceptors (Lipinski definition) is 5. The van der Waals surface area contributed by atoms with Crippen molar-refractivity contribution in [3.63, 3.8) is 0 Å². The van der Waals surface area contributed by atoms with Crippen molar-refractivity contribution in [2.24, 2.45) is 0 Å². The summed E-state index contributed by atoms with van der Waals surface area (Å²) in [6.45, 7) is 1.63. The van der Waals surface area contributed by atoms with Crippen molar-refractivity contribution in [1.82, 2.24) is 4.90 Å². The number of carbonyl (C=O) groups is 3. The Morgan fingerprint density at radius 2 is 2.09 bits per heavy atom. The van der Waals surface area contributed by atoms with Gasteiger partial charge >= 0.3 is 5.97 Å². The summed E-state index contributed by atoms with van der Waals surface area (Å²) in [4.78, 5) is 37.6. The molecule has 0 bridgehead atoms. The number of benzene rings is 1. The fraction of sp³-hybridized carbons (Fsp3) is 0.438. The molecule has 0 spiro atoms. The summed E-state index contributed by atoms with van der Waals surface area (Å²) >= 11 is 7.36. The van der Waals surface area contributed by atoms with Gasteiger partial charge in [0.2, 0.25) is 5.91 Å². The maximum absolute atomic E-state index is 12.3. The van der Waals surface area contributed by atoms with Crippen molar-refractivity contribution in [2.45, 2.75) is 30.7 Å². The third kappa shape index (κ3) is 3.10. The van der Waals surface area contributed by atoms with Crippen LogP contribution < -0.4 is 0 Å². The summed E-state index contributed by atoms with van der Waals surface area (Å²) < 4.78 is 5.15. The van der Waals surface area contributed by atoms with Crippen molar-refractivity contribution in [2.75, 3.05) is 12.4 Å². The maximum Gasteiger partial charge on any atom is 0.330 e. The van der Waals surface area contributed by atoms with Gasteiger partial charge in [-0.05, 0) is 37.6 Å². The highest BCUT2D eigenvalue weighted by molar-refractivity contribution is 8.01. The van der Waals surface area contributed by atoms with Gasteiger partial charge in [-0.25, -0.2) is 4.79 Å². The number of nitrogens with zero attached hydrogens (tertiary/aromatic N) is 1. The van der Waals surface area contributed by atoms with Crippen LogP contribution in [0.25, 0.3) is 0 Å². The standard InChI is InChI=1S/C16H16ClNO4S/c1-16-7-6-14(20)18(16)12(9-23-16)15(21)22-8-13(19)10-2-4-11(17)5-3-10/h2-5,12H,6-9H2,1H3/t12-,16-/m1/s1. The number of amides is 1. The summed E-state index contributed by atoms with van der Waals surface area (Å²) in [5.41, 5.74) is 0.435. The third-order valence-electron chi connectivity index (χ3n) is 4.23. The van der Waals surface area contributed by atoms with Crippen molar-refractivity contribution in [1.29, 1.82) is 0 Å². The molecule has 0 aromatic heterocycles. The summed E-state index contributed by atoms with van der Waals surface area (Å²) in [7, 11) is 0. The molecule has 2 aliphatic heterocycles. The first-order chi connectivity index (χ1) is 10.9. The fourth-order valence-electron chi connectivity index (χ4n) is 2.95. The average molecular weight is 354 g/mol. The topological polar surface area (TPSA) is 63.7 Å². The number of rotatable bonds is 4. The molecule has 1 amide bonds. The molecule has 3 rings (SSSR count). The first kappa shape index (κ1) is 16.3. The second-order valence-corrected chi connectivity index (χ2v) is 7.74. The van der Waals surface area contributed by atoms with Gasteiger partial charge in [0.1, 0.15) is 6.04 Å². The molecule has 2 heterocycles. The van der Waals surface area contributed by atoms with Crippen LogP contribution in [0.5, 0.6) is 0 Å². The van der Waals surface area contributed by atoms with E-state index in [1.54, 1.807) is 40.9 Å². The fourth-order valence-corrected chi connectivity index (χ4v) is 4.49. The molecule has 1 aromatic rings. The van der Waals surface area contributed by atoms with E-state index >= 15 is 0 Å². The van der Waals surface area contributed by atoms with Crippen LogP contribution in [-0.4, -0.2) is 45.8 Å². The molecule has 0 aliphatic carbocycles. The molecule has 0 saturated carbocycles. The van der Waals surface area contributed by atoms with Gasteiger partial charge < -0.3 is 9.64 Å². The number of fused-ring (bicyclic) bond motifs is 1. The van der Waals surface area contributed by atoms with Crippen molar-refractivity contribution in [3.8, 4) is 0 Å². The number of thioether (sulfide) groups is 1. The van der Waals surface area contributed by atoms with E-state index in [0.29, 0.717) is 22.8 Å². The van der Waals surface area contributed by atoms with Gasteiger partial charge in [-0.2, -0.15) is 0 Å². The molecule has 0 radical (unpaired) electrons. The van der Waals surface area contributed by atoms with Gasteiger partial charge in [-0.3, -0.25) is 9.59 Å². The van der Waals surface area contributed by atoms with E-state index in [9.17, 15) is 14.4 Å². The Balaban J connectivity index is 1.60. The van der Waals surface area contributed by atoms with Gasteiger partial charge in [-0.15, -0.1) is 11.8 Å². The molecule has 1 aromatic carbocycles. The number of ketones is 1. The van der Waals surface area contributed by atoms with Gasteiger partial charge in [0.25, 0.3) is 0 Å². The van der Waals surface area contributed by atoms with Gasteiger partial charge in [0.05, 0.1) is 4.87 Å². The molecule has 5 nitrogen and oxygen atoms in total. The number of Topliss-reactive ketones (excluding diaryl/α,β-unsaturated/α-hetero) is 1. The van der Waals surface area contributed by atoms with Crippen LogP contribution in [-0.2, 0) is 14.3 Å². The molecule has 7 heteroatoms. The summed E-state index contributed by atoms with van der Waals surface area (Å²) in [5, 5.41) is 0.536. The molecule has 2 fully saturated rings. The monoisotopic (exact) mass is 353 g/mol. The van der Waals surface area contributed by atoms with E-state index in [1.165, 1.54) is 0 Å². The van der Waals surface area contributed by atoms with Crippen LogP contribution in [0.1, 0.15) is 30.1 Å². The van der Waals surface area contributed by atoms with Gasteiger partial charge in [0, 0.05) is 22.8 Å². The lowest BCUT2D eigenvalue weighted by atomic mass is 10.1. The SMILES string of the molecule is C[C@@]12CCC(=O)N1[C@@H](C(=O)OCC(=O)c1ccc(Cl)cc1)CS2. The number of hydrogen-bond donors (Lipinski definition) is 0. The lowest BCUT2D eigenvalue weighted by molar-refractivity contribution is -0.152. The highest BCUT2D eigenvalue weighted by atomic mass is 35.5. The zero-order chi connectivity index (χ0) is 16.6. The molecule has 122 valence electrons. The van der Waals surface area contributed by atoms with Crippen LogP contribution in [0.15, 0.2) is 24.3 Å². The number of esters is 1. The minimum absolute atomic E-state index is 0.0246. The van der Waals surface area contributed by atoms with Gasteiger partial charge in [0.15, 0.2) is 12.4 Å². The van der Waals surface area contributed by atoms with E-state index in [2.05, 4.69) is 0 Å². The molecular weight excluding hydrogens is 338 g/mol. The van der Waals surface area contributed by atoms with E-state index in [-0.39, 0.29) is 23.2 Å². The highest BCUT2D eigenvalue weighted by Gasteiger charge is 2.53. The van der Waals surface area contributed by atoms with Crippen molar-refractivity contribution >= 4 is 41.0 Å². The second kappa shape index (κ2) is 6.17. The number of ether oxygens (including phenoxy) is 1. The maximum atomic E-state index is 12.3. The highest BCUT2D eigenvalue weighted by Crippen LogP contribution is 2.47. The number of halogens is 1. The summed E-state index contributed by atoms with van der Waals surface area (Å²) in [5.74, 6) is -0.325. The van der Waals surface area contributed by atoms with Crippen molar-refractivity contribution in [3.05, 3.63) is 34.9 Å². The first-order valence-corrected chi connectivity index (χ1v) is 8.68. The van der Waals surface area contributed by atoms with E-state index in [4.69, 9.17) is 16.3 Å². The lowest BCUT2D eigenvalue weighted by Crippen LogP contribution is -2.46. The zero-order valence-electron chi connectivity index (χ0n) is 12.6. The van der Waals surface area contributed by atoms with Crippen LogP contribution in [0, 0.1) is 0 Å². The van der Waals surface area contributed by atoms with E-state index in [1.807, 2.05) is 6.92 Å². The lowest BCUT2D eigenvalue weighted by Gasteiger charge is -2.29. The Labute approximate surface area is 143 Å². The smallest absolute Gasteiger partial charge is 0.330 e. The molecule has 23 heavy (non-hydrogen) atoms. The second-order valence-electron chi connectivity index (χ2n) is 5.80. The van der Waals surface area contributed by atoms with Crippen LogP contribution in [0.2, 0.25) is 5.02 Å². The number of carbonyl (C=O) groups excluding carboxylic acids is 3.